The molecule has 0 radical (unpaired) electrons. The van der Waals surface area contributed by atoms with Crippen LogP contribution in [-0.2, 0) is 14.2 Å². The molecule has 10 rings (SSSR count). The molecule has 19 heteroatoms. The smallest absolute Gasteiger partial charge is 0.262 e. The molecule has 7 heterocycles. The zero-order valence-corrected chi connectivity index (χ0v) is 41.9. The fourth-order valence-corrected chi connectivity index (χ4v) is 12.7. The third-order valence-electron chi connectivity index (χ3n) is 14.9. The number of carbonyl (C=O) groups excluding carboxylic acids is 4. The number of hydrogen-bond acceptors (Lipinski definition) is 15. The Bertz CT molecular complexity index is 2920. The van der Waals surface area contributed by atoms with Crippen molar-refractivity contribution in [1.82, 2.24) is 35.1 Å². The fraction of sp³-hybridized carbons (Fsp3) is 0.440. The van der Waals surface area contributed by atoms with Gasteiger partial charge in [0.2, 0.25) is 17.8 Å². The molecule has 0 aliphatic carbocycles. The van der Waals surface area contributed by atoms with E-state index in [1.54, 1.807) is 51.2 Å². The predicted octanol–water partition coefficient (Wildman–Crippen LogP) is 7.23. The van der Waals surface area contributed by atoms with Crippen LogP contribution in [0.25, 0.3) is 11.0 Å². The minimum Gasteiger partial charge on any atom is -0.494 e. The summed E-state index contributed by atoms with van der Waals surface area (Å²) in [6.07, 6.45) is 12.0. The van der Waals surface area contributed by atoms with Gasteiger partial charge in [-0.15, -0.1) is 0 Å². The first-order chi connectivity index (χ1) is 33.2. The number of ether oxygens (including phenoxy) is 1. The van der Waals surface area contributed by atoms with Gasteiger partial charge in [0, 0.05) is 75.2 Å². The number of nitrogens with zero attached hydrogens (tertiary/aromatic N) is 8. The topological polar surface area (TPSA) is 195 Å². The lowest BCUT2D eigenvalue weighted by Gasteiger charge is -2.48. The average Bonchev–Trinajstić information content (AvgIpc) is 3.58. The van der Waals surface area contributed by atoms with Crippen molar-refractivity contribution in [3.8, 4) is 5.75 Å². The van der Waals surface area contributed by atoms with Crippen molar-refractivity contribution in [2.24, 2.45) is 11.3 Å². The number of imide groups is 2. The largest absolute Gasteiger partial charge is 0.494 e. The van der Waals surface area contributed by atoms with E-state index in [1.807, 2.05) is 18.2 Å². The Balaban J connectivity index is 0.716. The molecule has 5 aliphatic heterocycles. The number of piperidine rings is 4. The van der Waals surface area contributed by atoms with E-state index in [9.17, 15) is 23.7 Å². The van der Waals surface area contributed by atoms with E-state index in [2.05, 4.69) is 80.6 Å². The summed E-state index contributed by atoms with van der Waals surface area (Å²) in [6.45, 7) is 12.6. The fourth-order valence-electron chi connectivity index (χ4n) is 11.0. The quantitative estimate of drug-likeness (QED) is 0.0885. The van der Waals surface area contributed by atoms with E-state index in [0.29, 0.717) is 66.5 Å². The van der Waals surface area contributed by atoms with Crippen molar-refractivity contribution in [1.29, 1.82) is 0 Å². The molecule has 360 valence electrons. The summed E-state index contributed by atoms with van der Waals surface area (Å²) in [5.41, 5.74) is 6.87. The number of methoxy groups -OCH3 is 1. The molecule has 17 nitrogen and oxygen atoms in total. The molecule has 1 spiro atoms. The van der Waals surface area contributed by atoms with Gasteiger partial charge in [-0.3, -0.25) is 39.4 Å². The molecular weight excluding hydrogens is 961 g/mol. The van der Waals surface area contributed by atoms with Gasteiger partial charge in [0.25, 0.3) is 11.8 Å². The maximum atomic E-state index is 13.5. The predicted molar refractivity (Wildman–Crippen MR) is 270 cm³/mol. The first-order valence-corrected chi connectivity index (χ1v) is 27.2. The van der Waals surface area contributed by atoms with Gasteiger partial charge in [-0.05, 0) is 148 Å². The van der Waals surface area contributed by atoms with Gasteiger partial charge in [0.15, 0.2) is 0 Å². The number of hydrogen-bond donors (Lipinski definition) is 3. The number of benzene rings is 3. The summed E-state index contributed by atoms with van der Waals surface area (Å²) >= 11 is 3.60. The number of anilines is 6. The van der Waals surface area contributed by atoms with E-state index in [1.165, 1.54) is 18.5 Å². The summed E-state index contributed by atoms with van der Waals surface area (Å²) in [7, 11) is -1.10. The molecule has 69 heavy (non-hydrogen) atoms. The highest BCUT2D eigenvalue weighted by Crippen LogP contribution is 2.45. The highest BCUT2D eigenvalue weighted by Gasteiger charge is 2.45. The zero-order chi connectivity index (χ0) is 48.2. The molecule has 1 unspecified atom stereocenters. The molecule has 0 bridgehead atoms. The summed E-state index contributed by atoms with van der Waals surface area (Å²) in [5.74, 6) is 0.240. The molecule has 4 amide bonds. The Labute approximate surface area is 409 Å². The lowest BCUT2D eigenvalue weighted by molar-refractivity contribution is -0.136. The van der Waals surface area contributed by atoms with Crippen LogP contribution in [0.4, 0.5) is 34.5 Å². The number of fused-ring (bicyclic) bond motifs is 2. The first kappa shape index (κ1) is 46.7. The van der Waals surface area contributed by atoms with Crippen LogP contribution in [0.15, 0.2) is 65.5 Å². The number of aromatic nitrogens is 4. The number of nitrogens with one attached hydrogen (secondary N) is 3. The molecule has 0 saturated carbocycles. The van der Waals surface area contributed by atoms with Gasteiger partial charge in [-0.25, -0.2) is 4.98 Å². The number of likely N-dealkylation sites (tertiary alicyclic amines) is 1. The summed E-state index contributed by atoms with van der Waals surface area (Å²) in [5, 5.41) is 9.64. The summed E-state index contributed by atoms with van der Waals surface area (Å²) < 4.78 is 20.1. The van der Waals surface area contributed by atoms with Crippen molar-refractivity contribution in [3.63, 3.8) is 0 Å². The van der Waals surface area contributed by atoms with Crippen molar-refractivity contribution < 1.29 is 28.5 Å². The van der Waals surface area contributed by atoms with Gasteiger partial charge in [-0.1, -0.05) is 0 Å². The highest BCUT2D eigenvalue weighted by molar-refractivity contribution is 9.10. The third kappa shape index (κ3) is 9.30. The van der Waals surface area contributed by atoms with E-state index >= 15 is 0 Å². The average molecular weight is 1020 g/mol. The standard InChI is InChI=1S/C50H57BrN11O6P/c1-30-25-38(56-49-54-28-35(51)45(58-49)55-37-8-7-36-43(53-18-17-52-36)44(37)69(3,4)67)41(68-2)27-40(30)61-23-15-50(16-24-61)13-21-59(22-14-50)29-31-11-19-60(20-12-31)32-5-6-33-34(26-32)48(66)62(47(33)65)39-9-10-42(63)57-46(39)64/h5-8,17-18,25-28,31,39H,9-16,19-24,29H2,1-4H3,(H,57,63,64)(H2,54,55,56,58). The van der Waals surface area contributed by atoms with Gasteiger partial charge < -0.3 is 34.6 Å². The van der Waals surface area contributed by atoms with Gasteiger partial charge in [0.1, 0.15) is 30.3 Å². The van der Waals surface area contributed by atoms with E-state index in [-0.39, 0.29) is 18.7 Å². The third-order valence-corrected chi connectivity index (χ3v) is 17.0. The molecule has 1 atom stereocenters. The molecule has 5 aliphatic rings. The number of amides is 4. The SMILES string of the molecule is COc1cc(N2CCC3(CCN(CC4CCN(c5ccc6c(c5)C(=O)N(C5CCC(=O)NC5=O)C6=O)CC4)CC3)CC2)c(C)cc1Nc1ncc(Br)c(Nc2ccc3nccnc3c2P(C)(C)=O)n1. The van der Waals surface area contributed by atoms with Crippen molar-refractivity contribution in [2.45, 2.75) is 64.3 Å². The maximum absolute atomic E-state index is 13.5. The Morgan fingerprint density at radius 2 is 1.55 bits per heavy atom. The lowest BCUT2D eigenvalue weighted by atomic mass is 9.71. The van der Waals surface area contributed by atoms with Crippen LogP contribution in [0.5, 0.6) is 5.75 Å². The summed E-state index contributed by atoms with van der Waals surface area (Å²) in [4.78, 5) is 77.6. The second-order valence-electron chi connectivity index (χ2n) is 19.6. The Kier molecular flexibility index (Phi) is 12.7. The van der Waals surface area contributed by atoms with Crippen LogP contribution in [0.2, 0.25) is 0 Å². The van der Waals surface area contributed by atoms with Crippen LogP contribution < -0.4 is 35.8 Å². The number of rotatable bonds is 11. The second-order valence-corrected chi connectivity index (χ2v) is 23.6. The van der Waals surface area contributed by atoms with Crippen molar-refractivity contribution >= 4 is 97.6 Å². The molecular formula is C50H57BrN11O6P. The number of halogens is 1. The molecule has 5 aromatic rings. The monoisotopic (exact) mass is 1020 g/mol. The van der Waals surface area contributed by atoms with Gasteiger partial charge in [0.05, 0.1) is 44.9 Å². The minimum absolute atomic E-state index is 0.0974. The van der Waals surface area contributed by atoms with Crippen LogP contribution >= 0.6 is 23.1 Å². The van der Waals surface area contributed by atoms with E-state index < -0.39 is 30.9 Å². The van der Waals surface area contributed by atoms with Gasteiger partial charge >= 0.3 is 0 Å². The van der Waals surface area contributed by atoms with Gasteiger partial charge in [-0.2, -0.15) is 4.98 Å². The number of aryl methyl sites for hydroxylation is 1. The van der Waals surface area contributed by atoms with Crippen LogP contribution in [-0.4, -0.2) is 126 Å². The summed E-state index contributed by atoms with van der Waals surface area (Å²) in [6, 6.07) is 12.4. The van der Waals surface area contributed by atoms with E-state index in [4.69, 9.17) is 9.72 Å². The lowest BCUT2D eigenvalue weighted by Crippen LogP contribution is -2.54. The highest BCUT2D eigenvalue weighted by atomic mass is 79.9. The van der Waals surface area contributed by atoms with Crippen LogP contribution in [0.3, 0.4) is 0 Å². The molecule has 3 aromatic carbocycles. The van der Waals surface area contributed by atoms with Crippen molar-refractivity contribution in [3.05, 3.63) is 82.2 Å². The minimum atomic E-state index is -2.78. The second kappa shape index (κ2) is 18.7. The van der Waals surface area contributed by atoms with Crippen LogP contribution in [0, 0.1) is 18.3 Å². The molecule has 4 fully saturated rings. The Morgan fingerprint density at radius 3 is 2.28 bits per heavy atom. The zero-order valence-electron chi connectivity index (χ0n) is 39.4. The Hall–Kier alpha value is -5.97. The normalized spacial score (nSPS) is 20.1. The van der Waals surface area contributed by atoms with Crippen LogP contribution in [0.1, 0.15) is 77.6 Å². The molecule has 4 saturated heterocycles. The Morgan fingerprint density at radius 1 is 0.826 bits per heavy atom. The van der Waals surface area contributed by atoms with Crippen molar-refractivity contribution in [2.75, 3.05) is 86.7 Å². The maximum Gasteiger partial charge on any atom is 0.262 e. The number of carbonyl (C=O) groups is 4. The molecule has 2 aromatic heterocycles. The first-order valence-electron chi connectivity index (χ1n) is 23.8. The molecule has 3 N–H and O–H groups in total. The van der Waals surface area contributed by atoms with E-state index in [0.717, 1.165) is 93.3 Å².